The van der Waals surface area contributed by atoms with Gasteiger partial charge in [0.1, 0.15) is 5.75 Å². The van der Waals surface area contributed by atoms with E-state index in [-0.39, 0.29) is 10.6 Å². The molecule has 0 saturated heterocycles. The number of halogens is 3. The van der Waals surface area contributed by atoms with E-state index in [1.54, 1.807) is 0 Å². The predicted molar refractivity (Wildman–Crippen MR) is 50.0 cm³/mol. The minimum atomic E-state index is -4.48. The van der Waals surface area contributed by atoms with Crippen LogP contribution in [0.4, 0.5) is 13.2 Å². The van der Waals surface area contributed by atoms with E-state index in [9.17, 15) is 18.0 Å². The fourth-order valence-corrected chi connectivity index (χ4v) is 1.24. The molecular weight excluding hydrogens is 229 g/mol. The number of carbonyl (C=O) groups is 1. The molecule has 0 unspecified atom stereocenters. The van der Waals surface area contributed by atoms with Crippen molar-refractivity contribution < 1.29 is 22.7 Å². The largest absolute Gasteiger partial charge is 0.427 e. The summed E-state index contributed by atoms with van der Waals surface area (Å²) in [4.78, 5) is 10.6. The van der Waals surface area contributed by atoms with Crippen LogP contribution < -0.4 is 4.74 Å². The van der Waals surface area contributed by atoms with Gasteiger partial charge >= 0.3 is 12.1 Å². The van der Waals surface area contributed by atoms with Gasteiger partial charge in [0.05, 0.1) is 5.56 Å². The van der Waals surface area contributed by atoms with E-state index in [2.05, 4.69) is 17.4 Å². The molecule has 0 fully saturated rings. The standard InChI is InChI=1S/C9H7F3O2S/c1-5(13)14-7-2-6(9(10,11)12)3-8(15)4-7/h2-4,15H,1H3. The van der Waals surface area contributed by atoms with Gasteiger partial charge in [0.15, 0.2) is 0 Å². The summed E-state index contributed by atoms with van der Waals surface area (Å²) in [5.41, 5.74) is -0.897. The number of thiol groups is 1. The normalized spacial score (nSPS) is 11.3. The molecular formula is C9H7F3O2S. The van der Waals surface area contributed by atoms with Gasteiger partial charge in [-0.1, -0.05) is 0 Å². The zero-order chi connectivity index (χ0) is 11.6. The van der Waals surface area contributed by atoms with Crippen molar-refractivity contribution in [3.63, 3.8) is 0 Å². The second kappa shape index (κ2) is 4.14. The maximum absolute atomic E-state index is 12.3. The Morgan fingerprint density at radius 3 is 2.40 bits per heavy atom. The Bertz CT molecular complexity index is 387. The molecule has 0 saturated carbocycles. The van der Waals surface area contributed by atoms with E-state index in [4.69, 9.17) is 0 Å². The summed E-state index contributed by atoms with van der Waals surface area (Å²) in [6, 6.07) is 2.84. The first-order valence-corrected chi connectivity index (χ1v) is 4.33. The summed E-state index contributed by atoms with van der Waals surface area (Å²) in [6.07, 6.45) is -4.48. The van der Waals surface area contributed by atoms with Crippen LogP contribution in [0.25, 0.3) is 0 Å². The molecule has 0 aliphatic rings. The molecule has 1 aromatic rings. The Kier molecular flexibility index (Phi) is 3.28. The van der Waals surface area contributed by atoms with Crippen molar-refractivity contribution >= 4 is 18.6 Å². The Morgan fingerprint density at radius 1 is 1.33 bits per heavy atom. The lowest BCUT2D eigenvalue weighted by molar-refractivity contribution is -0.138. The molecule has 0 N–H and O–H groups in total. The number of benzene rings is 1. The third kappa shape index (κ3) is 3.47. The minimum absolute atomic E-state index is 0.0843. The van der Waals surface area contributed by atoms with Crippen LogP contribution in [0.5, 0.6) is 5.75 Å². The molecule has 15 heavy (non-hydrogen) atoms. The lowest BCUT2D eigenvalue weighted by Crippen LogP contribution is -2.07. The highest BCUT2D eigenvalue weighted by Crippen LogP contribution is 2.33. The van der Waals surface area contributed by atoms with Crippen molar-refractivity contribution in [2.75, 3.05) is 0 Å². The quantitative estimate of drug-likeness (QED) is 0.461. The van der Waals surface area contributed by atoms with Crippen molar-refractivity contribution in [1.29, 1.82) is 0 Å². The molecule has 0 heterocycles. The van der Waals surface area contributed by atoms with E-state index in [0.29, 0.717) is 0 Å². The summed E-state index contributed by atoms with van der Waals surface area (Å²) in [7, 11) is 0. The van der Waals surface area contributed by atoms with Gasteiger partial charge in [0.2, 0.25) is 0 Å². The Balaban J connectivity index is 3.11. The lowest BCUT2D eigenvalue weighted by atomic mass is 10.2. The third-order valence-corrected chi connectivity index (χ3v) is 1.74. The van der Waals surface area contributed by atoms with Gasteiger partial charge in [-0.2, -0.15) is 13.2 Å². The van der Waals surface area contributed by atoms with Crippen molar-refractivity contribution in [3.05, 3.63) is 23.8 Å². The maximum Gasteiger partial charge on any atom is 0.416 e. The van der Waals surface area contributed by atoms with Crippen LogP contribution in [0.15, 0.2) is 23.1 Å². The van der Waals surface area contributed by atoms with Gasteiger partial charge in [-0.15, -0.1) is 12.6 Å². The van der Waals surface area contributed by atoms with Crippen molar-refractivity contribution in [2.45, 2.75) is 18.0 Å². The molecule has 2 nitrogen and oxygen atoms in total. The predicted octanol–water partition coefficient (Wildman–Crippen LogP) is 2.92. The van der Waals surface area contributed by atoms with Crippen molar-refractivity contribution in [3.8, 4) is 5.75 Å². The van der Waals surface area contributed by atoms with Crippen LogP contribution in [0.3, 0.4) is 0 Å². The van der Waals surface area contributed by atoms with Gasteiger partial charge < -0.3 is 4.74 Å². The Labute approximate surface area is 89.5 Å². The molecule has 0 atom stereocenters. The van der Waals surface area contributed by atoms with Gasteiger partial charge in [-0.05, 0) is 18.2 Å². The van der Waals surface area contributed by atoms with Crippen LogP contribution >= 0.6 is 12.6 Å². The Hall–Kier alpha value is -1.17. The van der Waals surface area contributed by atoms with Gasteiger partial charge in [-0.25, -0.2) is 0 Å². The van der Waals surface area contributed by atoms with E-state index < -0.39 is 17.7 Å². The topological polar surface area (TPSA) is 26.3 Å². The average Bonchev–Trinajstić information content (AvgIpc) is 1.99. The fraction of sp³-hybridized carbons (Fsp3) is 0.222. The molecule has 0 aliphatic carbocycles. The summed E-state index contributed by atoms with van der Waals surface area (Å²) >= 11 is 3.79. The van der Waals surface area contributed by atoms with Crippen LogP contribution in [0.2, 0.25) is 0 Å². The second-order valence-electron chi connectivity index (χ2n) is 2.81. The van der Waals surface area contributed by atoms with E-state index >= 15 is 0 Å². The van der Waals surface area contributed by atoms with Gasteiger partial charge in [0, 0.05) is 11.8 Å². The second-order valence-corrected chi connectivity index (χ2v) is 3.32. The highest BCUT2D eigenvalue weighted by molar-refractivity contribution is 7.80. The molecule has 6 heteroatoms. The molecule has 1 rings (SSSR count). The molecule has 0 radical (unpaired) electrons. The smallest absolute Gasteiger partial charge is 0.416 e. The molecule has 82 valence electrons. The number of esters is 1. The first-order valence-electron chi connectivity index (χ1n) is 3.88. The van der Waals surface area contributed by atoms with Crippen molar-refractivity contribution in [2.24, 2.45) is 0 Å². The van der Waals surface area contributed by atoms with E-state index in [1.165, 1.54) is 6.07 Å². The summed E-state index contributed by atoms with van der Waals surface area (Å²) in [5.74, 6) is -0.843. The van der Waals surface area contributed by atoms with E-state index in [1.807, 2.05) is 0 Å². The number of carbonyl (C=O) groups excluding carboxylic acids is 1. The first kappa shape index (κ1) is 11.9. The molecule has 0 spiro atoms. The van der Waals surface area contributed by atoms with Crippen LogP contribution in [-0.4, -0.2) is 5.97 Å². The number of hydrogen-bond donors (Lipinski definition) is 1. The zero-order valence-corrected chi connectivity index (χ0v) is 8.52. The average molecular weight is 236 g/mol. The van der Waals surface area contributed by atoms with Gasteiger partial charge in [-0.3, -0.25) is 4.79 Å². The molecule has 0 aromatic heterocycles. The van der Waals surface area contributed by atoms with Crippen LogP contribution in [0, 0.1) is 0 Å². The Morgan fingerprint density at radius 2 is 1.93 bits per heavy atom. The SMILES string of the molecule is CC(=O)Oc1cc(S)cc(C(F)(F)F)c1. The summed E-state index contributed by atoms with van der Waals surface area (Å²) in [6.45, 7) is 1.11. The monoisotopic (exact) mass is 236 g/mol. The fourth-order valence-electron chi connectivity index (χ4n) is 0.972. The number of ether oxygens (including phenoxy) is 1. The van der Waals surface area contributed by atoms with Crippen LogP contribution in [-0.2, 0) is 11.0 Å². The van der Waals surface area contributed by atoms with E-state index in [0.717, 1.165) is 19.1 Å². The minimum Gasteiger partial charge on any atom is -0.427 e. The van der Waals surface area contributed by atoms with Crippen molar-refractivity contribution in [1.82, 2.24) is 0 Å². The number of hydrogen-bond acceptors (Lipinski definition) is 3. The molecule has 1 aromatic carbocycles. The summed E-state index contributed by atoms with van der Waals surface area (Å²) < 4.78 is 41.5. The maximum atomic E-state index is 12.3. The number of rotatable bonds is 1. The lowest BCUT2D eigenvalue weighted by Gasteiger charge is -2.09. The summed E-state index contributed by atoms with van der Waals surface area (Å²) in [5, 5.41) is 0. The highest BCUT2D eigenvalue weighted by atomic mass is 32.1. The zero-order valence-electron chi connectivity index (χ0n) is 7.63. The molecule has 0 bridgehead atoms. The highest BCUT2D eigenvalue weighted by Gasteiger charge is 2.31. The molecule has 0 amide bonds. The third-order valence-electron chi connectivity index (χ3n) is 1.48. The van der Waals surface area contributed by atoms with Crippen LogP contribution in [0.1, 0.15) is 12.5 Å². The first-order chi connectivity index (χ1) is 6.79. The number of alkyl halides is 3. The van der Waals surface area contributed by atoms with Gasteiger partial charge in [0.25, 0.3) is 0 Å². The molecule has 0 aliphatic heterocycles.